The van der Waals surface area contributed by atoms with Crippen LogP contribution in [-0.4, -0.2) is 41.2 Å². The number of nitrogens with zero attached hydrogens (tertiary/aromatic N) is 2. The van der Waals surface area contributed by atoms with Crippen molar-refractivity contribution in [3.05, 3.63) is 64.7 Å². The van der Waals surface area contributed by atoms with Gasteiger partial charge in [0.2, 0.25) is 0 Å². The molecule has 0 atom stereocenters. The summed E-state index contributed by atoms with van der Waals surface area (Å²) in [5.74, 6) is 0.226. The van der Waals surface area contributed by atoms with Gasteiger partial charge in [-0.3, -0.25) is 9.79 Å². The van der Waals surface area contributed by atoms with E-state index in [0.29, 0.717) is 36.9 Å². The van der Waals surface area contributed by atoms with E-state index < -0.39 is 5.54 Å². The Balaban J connectivity index is 1.36. The molecule has 1 N–H and O–H groups in total. The Kier molecular flexibility index (Phi) is 6.59. The van der Waals surface area contributed by atoms with Gasteiger partial charge in [0.25, 0.3) is 5.91 Å². The Hall–Kier alpha value is -2.86. The lowest BCUT2D eigenvalue weighted by atomic mass is 9.81. The Morgan fingerprint density at radius 2 is 1.82 bits per heavy atom. The molecule has 0 bridgehead atoms. The van der Waals surface area contributed by atoms with Gasteiger partial charge in [-0.15, -0.1) is 0 Å². The number of hydrogen-bond acceptors (Lipinski definition) is 4. The fraction of sp³-hybridized carbons (Fsp3) is 0.444. The molecule has 34 heavy (non-hydrogen) atoms. The van der Waals surface area contributed by atoms with E-state index in [1.54, 1.807) is 4.90 Å². The van der Waals surface area contributed by atoms with Crippen LogP contribution in [0.1, 0.15) is 56.1 Å². The van der Waals surface area contributed by atoms with Gasteiger partial charge in [-0.1, -0.05) is 61.2 Å². The maximum absolute atomic E-state index is 13.5. The highest BCUT2D eigenvalue weighted by Crippen LogP contribution is 2.38. The highest BCUT2D eigenvalue weighted by molar-refractivity contribution is 6.31. The highest BCUT2D eigenvalue weighted by Gasteiger charge is 2.45. The summed E-state index contributed by atoms with van der Waals surface area (Å²) in [4.78, 5) is 33.0. The van der Waals surface area contributed by atoms with Crippen LogP contribution in [-0.2, 0) is 16.1 Å². The molecule has 3 aliphatic rings. The number of aliphatic imine (C=N–C) groups is 1. The van der Waals surface area contributed by atoms with Crippen molar-refractivity contribution in [1.29, 1.82) is 0 Å². The first-order valence-corrected chi connectivity index (χ1v) is 12.6. The maximum atomic E-state index is 13.5. The number of anilines is 1. The Morgan fingerprint density at radius 1 is 1.09 bits per heavy atom. The molecule has 2 fully saturated rings. The van der Waals surface area contributed by atoms with Gasteiger partial charge >= 0.3 is 6.09 Å². The van der Waals surface area contributed by atoms with Crippen molar-refractivity contribution in [3.8, 4) is 0 Å². The first kappa shape index (κ1) is 22.9. The molecule has 0 unspecified atom stereocenters. The lowest BCUT2D eigenvalue weighted by Gasteiger charge is -2.37. The van der Waals surface area contributed by atoms with E-state index in [0.717, 1.165) is 35.4 Å². The van der Waals surface area contributed by atoms with Crippen molar-refractivity contribution in [3.63, 3.8) is 0 Å². The van der Waals surface area contributed by atoms with Crippen molar-refractivity contribution in [2.45, 2.75) is 57.1 Å². The lowest BCUT2D eigenvalue weighted by Crippen LogP contribution is -2.52. The van der Waals surface area contributed by atoms with Crippen molar-refractivity contribution in [2.75, 3.05) is 18.4 Å². The van der Waals surface area contributed by atoms with Crippen LogP contribution in [0.4, 0.5) is 10.5 Å². The average molecular weight is 480 g/mol. The molecule has 1 aliphatic carbocycles. The minimum Gasteiger partial charge on any atom is -0.445 e. The van der Waals surface area contributed by atoms with E-state index in [4.69, 9.17) is 21.3 Å². The number of halogens is 1. The second kappa shape index (κ2) is 9.79. The molecule has 1 saturated heterocycles. The second-order valence-electron chi connectivity index (χ2n) is 9.53. The summed E-state index contributed by atoms with van der Waals surface area (Å²) in [7, 11) is 0. The first-order chi connectivity index (χ1) is 16.5. The van der Waals surface area contributed by atoms with Crippen LogP contribution in [0.25, 0.3) is 0 Å². The van der Waals surface area contributed by atoms with Crippen LogP contribution in [0.5, 0.6) is 0 Å². The number of carbonyl (C=O) groups excluding carboxylic acids is 2. The number of piperidine rings is 1. The Morgan fingerprint density at radius 3 is 2.56 bits per heavy atom. The van der Waals surface area contributed by atoms with Crippen LogP contribution in [0.3, 0.4) is 0 Å². The van der Waals surface area contributed by atoms with Crippen LogP contribution >= 0.6 is 11.6 Å². The fourth-order valence-electron chi connectivity index (χ4n) is 5.31. The number of benzene rings is 2. The predicted molar refractivity (Wildman–Crippen MR) is 133 cm³/mol. The number of fused-ring (bicyclic) bond motifs is 1. The van der Waals surface area contributed by atoms with E-state index in [1.165, 1.54) is 19.3 Å². The Bertz CT molecular complexity index is 1090. The molecule has 1 saturated carbocycles. The Labute approximate surface area is 205 Å². The number of hydrogen-bond donors (Lipinski definition) is 1. The van der Waals surface area contributed by atoms with Crippen molar-refractivity contribution >= 4 is 35.0 Å². The molecular formula is C27H30ClN3O3. The largest absolute Gasteiger partial charge is 0.445 e. The number of amides is 2. The number of carbonyl (C=O) groups is 2. The number of ether oxygens (including phenoxy) is 1. The van der Waals surface area contributed by atoms with Crippen molar-refractivity contribution < 1.29 is 14.3 Å². The van der Waals surface area contributed by atoms with E-state index in [9.17, 15) is 9.59 Å². The van der Waals surface area contributed by atoms with Gasteiger partial charge in [-0.25, -0.2) is 4.79 Å². The standard InChI is InChI=1S/C27H30ClN3O3/c28-21-11-12-23-22(17-21)24(20-9-5-2-6-10-20)30-27(25(32)29-23)13-15-31(16-14-27)26(33)34-18-19-7-3-1-4-8-19/h1,3-4,7-8,11-12,17,20H,2,5-6,9-10,13-16,18H2,(H,29,32). The molecule has 1 spiro atoms. The van der Waals surface area contributed by atoms with E-state index in [1.807, 2.05) is 48.5 Å². The number of nitrogens with one attached hydrogen (secondary N) is 1. The molecule has 2 aliphatic heterocycles. The summed E-state index contributed by atoms with van der Waals surface area (Å²) < 4.78 is 5.51. The first-order valence-electron chi connectivity index (χ1n) is 12.2. The summed E-state index contributed by atoms with van der Waals surface area (Å²) >= 11 is 6.35. The highest BCUT2D eigenvalue weighted by atomic mass is 35.5. The van der Waals surface area contributed by atoms with Crippen LogP contribution < -0.4 is 5.32 Å². The topological polar surface area (TPSA) is 71.0 Å². The third-order valence-corrected chi connectivity index (χ3v) is 7.54. The van der Waals surface area contributed by atoms with Crippen LogP contribution in [0.2, 0.25) is 5.02 Å². The lowest BCUT2D eigenvalue weighted by molar-refractivity contribution is -0.122. The monoisotopic (exact) mass is 479 g/mol. The van der Waals surface area contributed by atoms with E-state index in [2.05, 4.69) is 5.32 Å². The molecule has 0 radical (unpaired) electrons. The molecule has 0 aromatic heterocycles. The number of rotatable bonds is 3. The van der Waals surface area contributed by atoms with Crippen molar-refractivity contribution in [2.24, 2.45) is 10.9 Å². The minimum atomic E-state index is -0.880. The molecule has 6 nitrogen and oxygen atoms in total. The molecular weight excluding hydrogens is 450 g/mol. The second-order valence-corrected chi connectivity index (χ2v) is 9.97. The van der Waals surface area contributed by atoms with Gasteiger partial charge in [-0.2, -0.15) is 0 Å². The maximum Gasteiger partial charge on any atom is 0.410 e. The van der Waals surface area contributed by atoms with Gasteiger partial charge in [0.05, 0.1) is 0 Å². The van der Waals surface area contributed by atoms with E-state index >= 15 is 0 Å². The number of likely N-dealkylation sites (tertiary alicyclic amines) is 1. The molecule has 5 rings (SSSR count). The summed E-state index contributed by atoms with van der Waals surface area (Å²) in [5.41, 5.74) is 2.78. The third-order valence-electron chi connectivity index (χ3n) is 7.31. The molecule has 7 heteroatoms. The predicted octanol–water partition coefficient (Wildman–Crippen LogP) is 5.83. The molecule has 2 heterocycles. The van der Waals surface area contributed by atoms with Gasteiger partial charge in [0.15, 0.2) is 0 Å². The summed E-state index contributed by atoms with van der Waals surface area (Å²) in [6.45, 7) is 1.10. The van der Waals surface area contributed by atoms with Gasteiger partial charge < -0.3 is 15.0 Å². The molecule has 2 amide bonds. The zero-order chi connectivity index (χ0) is 23.5. The minimum absolute atomic E-state index is 0.0980. The SMILES string of the molecule is O=C(OCc1ccccc1)N1CCC2(CC1)N=C(C1CCCCC1)c1cc(Cl)ccc1NC2=O. The van der Waals surface area contributed by atoms with E-state index in [-0.39, 0.29) is 18.6 Å². The smallest absolute Gasteiger partial charge is 0.410 e. The van der Waals surface area contributed by atoms with Gasteiger partial charge in [0.1, 0.15) is 12.1 Å². The molecule has 2 aromatic rings. The van der Waals surface area contributed by atoms with Crippen LogP contribution in [0, 0.1) is 5.92 Å². The van der Waals surface area contributed by atoms with Crippen LogP contribution in [0.15, 0.2) is 53.5 Å². The normalized spacial score (nSPS) is 20.2. The molecule has 178 valence electrons. The van der Waals surface area contributed by atoms with Gasteiger partial charge in [0, 0.05) is 41.0 Å². The van der Waals surface area contributed by atoms with Crippen molar-refractivity contribution in [1.82, 2.24) is 4.90 Å². The summed E-state index contributed by atoms with van der Waals surface area (Å²) in [6.07, 6.45) is 6.34. The fourth-order valence-corrected chi connectivity index (χ4v) is 5.49. The quantitative estimate of drug-likeness (QED) is 0.601. The summed E-state index contributed by atoms with van der Waals surface area (Å²) in [6, 6.07) is 15.3. The third kappa shape index (κ3) is 4.69. The molecule has 2 aromatic carbocycles. The van der Waals surface area contributed by atoms with Gasteiger partial charge in [-0.05, 0) is 49.4 Å². The summed E-state index contributed by atoms with van der Waals surface area (Å²) in [5, 5.41) is 3.77. The zero-order valence-corrected chi connectivity index (χ0v) is 20.0. The average Bonchev–Trinajstić information content (AvgIpc) is 2.99. The zero-order valence-electron chi connectivity index (χ0n) is 19.3.